The topological polar surface area (TPSA) is 74.6 Å². The van der Waals surface area contributed by atoms with Gasteiger partial charge in [0.2, 0.25) is 0 Å². The molecule has 0 aromatic heterocycles. The van der Waals surface area contributed by atoms with Crippen LogP contribution in [-0.2, 0) is 26.1 Å². The molecule has 0 radical (unpaired) electrons. The number of carboxylic acids is 2. The van der Waals surface area contributed by atoms with Gasteiger partial charge in [0.05, 0.1) is 0 Å². The van der Waals surface area contributed by atoms with Gasteiger partial charge >= 0.3 is 63.3 Å². The van der Waals surface area contributed by atoms with Crippen molar-refractivity contribution >= 4 is 11.9 Å². The Balaban J connectivity index is -0.0000000417. The number of carbonyl (C=O) groups is 2. The predicted molar refractivity (Wildman–Crippen MR) is 16.4 cm³/mol. The molecule has 6 heteroatoms. The van der Waals surface area contributed by atoms with Crippen molar-refractivity contribution in [2.75, 3.05) is 0 Å². The maximum absolute atomic E-state index is 9.10. The van der Waals surface area contributed by atoms with Gasteiger partial charge in [-0.25, -0.2) is 9.59 Å². The Labute approximate surface area is 99.5 Å². The van der Waals surface area contributed by atoms with Gasteiger partial charge in [-0.3, -0.25) is 0 Å². The van der Waals surface area contributed by atoms with Crippen LogP contribution in [0.2, 0.25) is 0 Å². The molecule has 2 N–H and O–H groups in total. The van der Waals surface area contributed by atoms with E-state index in [1.54, 1.807) is 0 Å². The molecule has 0 spiro atoms. The summed E-state index contributed by atoms with van der Waals surface area (Å²) < 4.78 is 0. The summed E-state index contributed by atoms with van der Waals surface area (Å²) in [7, 11) is 0. The third-order valence-corrected chi connectivity index (χ3v) is 0.183. The number of aliphatic carboxylic acids is 2. The zero-order chi connectivity index (χ0) is 5.15. The van der Waals surface area contributed by atoms with E-state index >= 15 is 0 Å². The maximum Gasteiger partial charge on any atom is 1.00 e. The molecule has 0 aromatic rings. The Kier molecular flexibility index (Phi) is 16.2. The van der Waals surface area contributed by atoms with E-state index in [-0.39, 0.29) is 69.3 Å². The summed E-state index contributed by atoms with van der Waals surface area (Å²) in [5, 5.41) is 14.8. The minimum absolute atomic E-state index is 0. The standard InChI is InChI=1S/C2H2O4.K.Ni.H/c3-1(4)2(5)6;;;/h(H,3,4)(H,5,6);;;/q;+1;;-1. The van der Waals surface area contributed by atoms with Crippen molar-refractivity contribution < 1.29 is 89.1 Å². The SMILES string of the molecule is O=C(O)C(=O)O.[H-].[K+].[Ni]. The maximum atomic E-state index is 9.10. The van der Waals surface area contributed by atoms with Crippen molar-refractivity contribution in [2.24, 2.45) is 0 Å². The van der Waals surface area contributed by atoms with E-state index in [1.807, 2.05) is 0 Å². The summed E-state index contributed by atoms with van der Waals surface area (Å²) in [6.07, 6.45) is 0. The summed E-state index contributed by atoms with van der Waals surface area (Å²) in [5.41, 5.74) is 0. The molecule has 0 amide bonds. The smallest absolute Gasteiger partial charge is 1.00 e. The van der Waals surface area contributed by atoms with Gasteiger partial charge < -0.3 is 11.6 Å². The minimum Gasteiger partial charge on any atom is -1.00 e. The van der Waals surface area contributed by atoms with E-state index in [1.165, 1.54) is 0 Å². The number of rotatable bonds is 0. The number of hydrogen-bond donors (Lipinski definition) is 2. The van der Waals surface area contributed by atoms with Crippen LogP contribution in [0.1, 0.15) is 1.43 Å². The fourth-order valence-electron chi connectivity index (χ4n) is 0. The fraction of sp³-hybridized carbons (Fsp3) is 0. The van der Waals surface area contributed by atoms with Crippen LogP contribution in [-0.4, -0.2) is 22.2 Å². The van der Waals surface area contributed by atoms with Crippen molar-refractivity contribution in [2.45, 2.75) is 0 Å². The van der Waals surface area contributed by atoms with Gasteiger partial charge in [0.1, 0.15) is 0 Å². The van der Waals surface area contributed by atoms with Crippen molar-refractivity contribution in [1.29, 1.82) is 0 Å². The molecule has 0 bridgehead atoms. The monoisotopic (exact) mass is 188 g/mol. The molecule has 0 heterocycles. The van der Waals surface area contributed by atoms with E-state index < -0.39 is 11.9 Å². The molecule has 46 valence electrons. The Morgan fingerprint density at radius 2 is 1.25 bits per heavy atom. The summed E-state index contributed by atoms with van der Waals surface area (Å²) in [6, 6.07) is 0. The van der Waals surface area contributed by atoms with Crippen LogP contribution in [0.3, 0.4) is 0 Å². The van der Waals surface area contributed by atoms with Crippen LogP contribution in [0.5, 0.6) is 0 Å². The molecule has 0 atom stereocenters. The molecule has 0 unspecified atom stereocenters. The minimum atomic E-state index is -1.82. The van der Waals surface area contributed by atoms with Gasteiger partial charge in [0.25, 0.3) is 0 Å². The first-order valence-corrected chi connectivity index (χ1v) is 1.11. The molecule has 0 aliphatic carbocycles. The Morgan fingerprint density at radius 1 is 1.12 bits per heavy atom. The van der Waals surface area contributed by atoms with Gasteiger partial charge in [-0.1, -0.05) is 0 Å². The van der Waals surface area contributed by atoms with E-state index in [0.717, 1.165) is 0 Å². The third kappa shape index (κ3) is 10.1. The van der Waals surface area contributed by atoms with Crippen molar-refractivity contribution in [1.82, 2.24) is 0 Å². The molecule has 0 fully saturated rings. The molecule has 0 saturated carbocycles. The fourth-order valence-corrected chi connectivity index (χ4v) is 0. The number of carboxylic acid groups (broad SMARTS) is 2. The summed E-state index contributed by atoms with van der Waals surface area (Å²) >= 11 is 0. The van der Waals surface area contributed by atoms with Gasteiger partial charge in [-0.15, -0.1) is 0 Å². The van der Waals surface area contributed by atoms with Crippen LogP contribution < -0.4 is 51.4 Å². The van der Waals surface area contributed by atoms with E-state index in [0.29, 0.717) is 0 Å². The van der Waals surface area contributed by atoms with Crippen LogP contribution >= 0.6 is 0 Å². The molecule has 0 aliphatic rings. The molecule has 0 aliphatic heterocycles. The Bertz CT molecular complexity index is 84.6. The average Bonchev–Trinajstić information content (AvgIpc) is 1.36. The van der Waals surface area contributed by atoms with Crippen molar-refractivity contribution in [3.8, 4) is 0 Å². The second-order valence-electron chi connectivity index (χ2n) is 0.610. The molecule has 4 nitrogen and oxygen atoms in total. The van der Waals surface area contributed by atoms with Crippen LogP contribution in [0, 0.1) is 0 Å². The van der Waals surface area contributed by atoms with Gasteiger partial charge in [-0.2, -0.15) is 0 Å². The largest absolute Gasteiger partial charge is 1.00 e. The van der Waals surface area contributed by atoms with Gasteiger partial charge in [0, 0.05) is 16.5 Å². The first kappa shape index (κ1) is 16.0. The number of hydrogen-bond acceptors (Lipinski definition) is 2. The molecular weight excluding hydrogens is 186 g/mol. The van der Waals surface area contributed by atoms with Crippen LogP contribution in [0.4, 0.5) is 0 Å². The van der Waals surface area contributed by atoms with E-state index in [2.05, 4.69) is 0 Å². The quantitative estimate of drug-likeness (QED) is 0.303. The molecule has 8 heavy (non-hydrogen) atoms. The van der Waals surface area contributed by atoms with Crippen LogP contribution in [0.25, 0.3) is 0 Å². The van der Waals surface area contributed by atoms with Crippen molar-refractivity contribution in [3.63, 3.8) is 0 Å². The molecule has 0 saturated heterocycles. The summed E-state index contributed by atoms with van der Waals surface area (Å²) in [5.74, 6) is -3.65. The van der Waals surface area contributed by atoms with E-state index in [4.69, 9.17) is 19.8 Å². The van der Waals surface area contributed by atoms with Gasteiger partial charge in [-0.05, 0) is 0 Å². The Hall–Kier alpha value is 1.07. The predicted octanol–water partition coefficient (Wildman–Crippen LogP) is -3.73. The van der Waals surface area contributed by atoms with Crippen molar-refractivity contribution in [3.05, 3.63) is 0 Å². The second kappa shape index (κ2) is 8.07. The zero-order valence-electron chi connectivity index (χ0n) is 5.03. The first-order chi connectivity index (χ1) is 2.64. The molecular formula is C2H3KNiO4. The Morgan fingerprint density at radius 3 is 1.25 bits per heavy atom. The zero-order valence-corrected chi connectivity index (χ0v) is 8.14. The van der Waals surface area contributed by atoms with E-state index in [9.17, 15) is 0 Å². The van der Waals surface area contributed by atoms with Crippen LogP contribution in [0.15, 0.2) is 0 Å². The molecule has 0 aromatic carbocycles. The second-order valence-corrected chi connectivity index (χ2v) is 0.610. The normalized spacial score (nSPS) is 5.50. The summed E-state index contributed by atoms with van der Waals surface area (Å²) in [6.45, 7) is 0. The molecule has 0 rings (SSSR count). The third-order valence-electron chi connectivity index (χ3n) is 0.183. The van der Waals surface area contributed by atoms with Gasteiger partial charge in [0.15, 0.2) is 0 Å². The average molecular weight is 189 g/mol. The summed E-state index contributed by atoms with van der Waals surface area (Å²) in [4.78, 5) is 18.2. The first-order valence-electron chi connectivity index (χ1n) is 1.11.